The third-order valence-electron chi connectivity index (χ3n) is 3.19. The van der Waals surface area contributed by atoms with E-state index in [2.05, 4.69) is 5.32 Å². The Hall–Kier alpha value is -1.30. The fraction of sp³-hybridized carbons (Fsp3) is 0.818. The van der Waals surface area contributed by atoms with E-state index >= 15 is 0 Å². The number of hydrogen-bond acceptors (Lipinski definition) is 9. The first kappa shape index (κ1) is 17.8. The third kappa shape index (κ3) is 3.87. The lowest BCUT2D eigenvalue weighted by atomic mass is 9.88. The van der Waals surface area contributed by atoms with E-state index in [0.717, 1.165) is 6.92 Å². The predicted octanol–water partition coefficient (Wildman–Crippen LogP) is -5.21. The van der Waals surface area contributed by atoms with Crippen molar-refractivity contribution in [3.63, 3.8) is 0 Å². The molecule has 21 heavy (non-hydrogen) atoms. The molecule has 0 aromatic heterocycles. The fourth-order valence-electron chi connectivity index (χ4n) is 2.13. The molecule has 1 heterocycles. The number of carboxylic acid groups (broad SMARTS) is 1. The largest absolute Gasteiger partial charge is 0.544 e. The zero-order chi connectivity index (χ0) is 16.4. The van der Waals surface area contributed by atoms with Crippen LogP contribution in [0.25, 0.3) is 0 Å². The minimum absolute atomic E-state index is 0.614. The molecule has 10 heteroatoms. The van der Waals surface area contributed by atoms with Crippen LogP contribution >= 0.6 is 0 Å². The molecular weight excluding hydrogens is 290 g/mol. The van der Waals surface area contributed by atoms with Crippen molar-refractivity contribution in [1.29, 1.82) is 0 Å². The topological polar surface area (TPSA) is 180 Å². The second kappa shape index (κ2) is 6.64. The van der Waals surface area contributed by atoms with Crippen LogP contribution in [0.2, 0.25) is 0 Å². The van der Waals surface area contributed by atoms with Gasteiger partial charge in [0.15, 0.2) is 0 Å². The summed E-state index contributed by atoms with van der Waals surface area (Å²) >= 11 is 0. The summed E-state index contributed by atoms with van der Waals surface area (Å²) in [6.07, 6.45) is -7.67. The normalized spacial score (nSPS) is 35.8. The number of rotatable bonds is 5. The highest BCUT2D eigenvalue weighted by Crippen LogP contribution is 2.29. The van der Waals surface area contributed by atoms with Gasteiger partial charge in [-0.3, -0.25) is 4.79 Å². The van der Waals surface area contributed by atoms with Crippen molar-refractivity contribution < 1.29 is 45.0 Å². The number of hydrogen-bond donors (Lipinski definition) is 6. The number of aliphatic hydroxyl groups excluding tert-OH is 4. The molecule has 0 aromatic carbocycles. The van der Waals surface area contributed by atoms with Crippen molar-refractivity contribution in [3.05, 3.63) is 0 Å². The Morgan fingerprint density at radius 2 is 2.05 bits per heavy atom. The van der Waals surface area contributed by atoms with E-state index in [1.54, 1.807) is 0 Å². The number of aliphatic carboxylic acids is 1. The number of carbonyl (C=O) groups is 2. The second-order valence-electron chi connectivity index (χ2n) is 4.89. The molecule has 6 N–H and O–H groups in total. The molecule has 0 aromatic rings. The van der Waals surface area contributed by atoms with Crippen molar-refractivity contribution in [2.45, 2.75) is 49.6 Å². The average Bonchev–Trinajstić information content (AvgIpc) is 2.39. The van der Waals surface area contributed by atoms with E-state index in [1.165, 1.54) is 0 Å². The smallest absolute Gasteiger partial charge is 0.217 e. The molecular formula is C11H18NO9-. The Labute approximate surface area is 119 Å². The number of amides is 1. The molecule has 1 rings (SSSR count). The average molecular weight is 308 g/mol. The van der Waals surface area contributed by atoms with Crippen molar-refractivity contribution >= 4 is 11.9 Å². The van der Waals surface area contributed by atoms with Crippen LogP contribution in [-0.4, -0.2) is 80.3 Å². The van der Waals surface area contributed by atoms with Crippen LogP contribution in [0, 0.1) is 0 Å². The summed E-state index contributed by atoms with van der Waals surface area (Å²) in [4.78, 5) is 22.0. The first-order valence-electron chi connectivity index (χ1n) is 6.16. The van der Waals surface area contributed by atoms with Gasteiger partial charge in [-0.05, 0) is 0 Å². The maximum atomic E-state index is 11.1. The molecule has 6 atom stereocenters. The number of carboxylic acids is 1. The van der Waals surface area contributed by atoms with Gasteiger partial charge in [0.25, 0.3) is 0 Å². The molecule has 1 aliphatic heterocycles. The summed E-state index contributed by atoms with van der Waals surface area (Å²) in [6.45, 7) is 0.228. The molecule has 10 nitrogen and oxygen atoms in total. The summed E-state index contributed by atoms with van der Waals surface area (Å²) in [7, 11) is 0. The van der Waals surface area contributed by atoms with E-state index in [-0.39, 0.29) is 0 Å². The van der Waals surface area contributed by atoms with Crippen molar-refractivity contribution in [1.82, 2.24) is 5.32 Å². The Morgan fingerprint density at radius 3 is 2.48 bits per heavy atom. The minimum Gasteiger partial charge on any atom is -0.544 e. The lowest BCUT2D eigenvalue weighted by molar-refractivity contribution is -0.374. The van der Waals surface area contributed by atoms with Crippen LogP contribution in [0.5, 0.6) is 0 Å². The lowest BCUT2D eigenvalue weighted by Crippen LogP contribution is -2.68. The van der Waals surface area contributed by atoms with E-state index in [4.69, 9.17) is 9.84 Å². The highest BCUT2D eigenvalue weighted by Gasteiger charge is 2.50. The molecule has 122 valence electrons. The molecule has 0 spiro atoms. The standard InChI is InChI=1S/C11H19NO9/c1-4(14)12-7-5(15)2-11(20,10(18)19)21-9(7)8(17)6(16)3-13/h5-9,13,15-17,20H,2-3H2,1H3,(H,12,14)(H,18,19)/p-1/t5-,6+,7+,8+,9-,11-/m0/s1. The molecule has 1 amide bonds. The zero-order valence-corrected chi connectivity index (χ0v) is 11.2. The summed E-state index contributed by atoms with van der Waals surface area (Å²) in [5, 5.41) is 60.8. The first-order valence-corrected chi connectivity index (χ1v) is 6.16. The van der Waals surface area contributed by atoms with E-state index in [1.807, 2.05) is 0 Å². The fourth-order valence-corrected chi connectivity index (χ4v) is 2.13. The number of ether oxygens (including phenoxy) is 1. The second-order valence-corrected chi connectivity index (χ2v) is 4.89. The molecule has 0 radical (unpaired) electrons. The Bertz CT molecular complexity index is 403. The number of aliphatic hydroxyl groups is 5. The summed E-state index contributed by atoms with van der Waals surface area (Å²) < 4.78 is 4.80. The Kier molecular flexibility index (Phi) is 5.61. The summed E-state index contributed by atoms with van der Waals surface area (Å²) in [6, 6.07) is -1.29. The van der Waals surface area contributed by atoms with E-state index < -0.39 is 61.1 Å². The Morgan fingerprint density at radius 1 is 1.48 bits per heavy atom. The monoisotopic (exact) mass is 308 g/mol. The zero-order valence-electron chi connectivity index (χ0n) is 11.2. The first-order chi connectivity index (χ1) is 9.62. The SMILES string of the molecule is CC(=O)N[C@H]1[C@@H]([C@H](O)[C@H](O)CO)O[C@](O)(C(=O)[O-])C[C@@H]1O. The van der Waals surface area contributed by atoms with Crippen LogP contribution in [-0.2, 0) is 14.3 Å². The van der Waals surface area contributed by atoms with Crippen LogP contribution in [0.15, 0.2) is 0 Å². The van der Waals surface area contributed by atoms with Gasteiger partial charge in [0.05, 0.1) is 18.8 Å². The van der Waals surface area contributed by atoms with Gasteiger partial charge in [-0.15, -0.1) is 0 Å². The van der Waals surface area contributed by atoms with Gasteiger partial charge >= 0.3 is 0 Å². The number of carbonyl (C=O) groups excluding carboxylic acids is 2. The van der Waals surface area contributed by atoms with E-state index in [9.17, 15) is 35.1 Å². The lowest BCUT2D eigenvalue weighted by Gasteiger charge is -2.46. The summed E-state index contributed by atoms with van der Waals surface area (Å²) in [5.41, 5.74) is 0. The van der Waals surface area contributed by atoms with Crippen molar-refractivity contribution in [3.8, 4) is 0 Å². The molecule has 0 aliphatic carbocycles. The van der Waals surface area contributed by atoms with Crippen molar-refractivity contribution in [2.24, 2.45) is 0 Å². The molecule has 1 aliphatic rings. The maximum Gasteiger partial charge on any atom is 0.217 e. The highest BCUT2D eigenvalue weighted by atomic mass is 16.7. The van der Waals surface area contributed by atoms with Gasteiger partial charge in [-0.25, -0.2) is 0 Å². The molecule has 1 fully saturated rings. The quantitative estimate of drug-likeness (QED) is 0.289. The predicted molar refractivity (Wildman–Crippen MR) is 62.2 cm³/mol. The molecule has 0 saturated carbocycles. The van der Waals surface area contributed by atoms with Gasteiger partial charge in [-0.1, -0.05) is 0 Å². The van der Waals surface area contributed by atoms with E-state index in [0.29, 0.717) is 0 Å². The van der Waals surface area contributed by atoms with Gasteiger partial charge < -0.3 is 45.5 Å². The van der Waals surface area contributed by atoms with Crippen LogP contribution in [0.1, 0.15) is 13.3 Å². The maximum absolute atomic E-state index is 11.1. The minimum atomic E-state index is -2.89. The molecule has 0 unspecified atom stereocenters. The van der Waals surface area contributed by atoms with Gasteiger partial charge in [0, 0.05) is 13.3 Å². The third-order valence-corrected chi connectivity index (χ3v) is 3.19. The summed E-state index contributed by atoms with van der Waals surface area (Å²) in [5.74, 6) is -5.55. The van der Waals surface area contributed by atoms with Gasteiger partial charge in [0.2, 0.25) is 11.7 Å². The molecule has 0 bridgehead atoms. The number of nitrogens with one attached hydrogen (secondary N) is 1. The van der Waals surface area contributed by atoms with Crippen LogP contribution in [0.4, 0.5) is 0 Å². The highest BCUT2D eigenvalue weighted by molar-refractivity contribution is 5.74. The van der Waals surface area contributed by atoms with Crippen molar-refractivity contribution in [2.75, 3.05) is 6.61 Å². The van der Waals surface area contributed by atoms with Crippen LogP contribution < -0.4 is 10.4 Å². The molecule has 1 saturated heterocycles. The van der Waals surface area contributed by atoms with Gasteiger partial charge in [0.1, 0.15) is 24.3 Å². The van der Waals surface area contributed by atoms with Crippen LogP contribution in [0.3, 0.4) is 0 Å². The van der Waals surface area contributed by atoms with Gasteiger partial charge in [-0.2, -0.15) is 0 Å². The Balaban J connectivity index is 3.07.